The number of fused-ring (bicyclic) bond motifs is 1. The molecule has 0 saturated heterocycles. The average Bonchev–Trinajstić information content (AvgIpc) is 3.45. The highest BCUT2D eigenvalue weighted by atomic mass is 35.5. The number of pyridine rings is 1. The summed E-state index contributed by atoms with van der Waals surface area (Å²) in [7, 11) is 1.31. The summed E-state index contributed by atoms with van der Waals surface area (Å²) in [4.78, 5) is 30.3. The van der Waals surface area contributed by atoms with Crippen LogP contribution >= 0.6 is 11.6 Å². The number of carbonyl (C=O) groups is 2. The summed E-state index contributed by atoms with van der Waals surface area (Å²) < 4.78 is 11.9. The number of furan rings is 1. The highest BCUT2D eigenvalue weighted by Gasteiger charge is 2.27. The zero-order valence-corrected chi connectivity index (χ0v) is 19.8. The first-order valence-corrected chi connectivity index (χ1v) is 11.2. The van der Waals surface area contributed by atoms with Gasteiger partial charge >= 0.3 is 5.97 Å². The predicted octanol–water partition coefficient (Wildman–Crippen LogP) is 5.59. The van der Waals surface area contributed by atoms with E-state index in [1.807, 2.05) is 44.2 Å². The molecule has 0 radical (unpaired) electrons. The lowest BCUT2D eigenvalue weighted by molar-refractivity contribution is 0.0589. The second-order valence-corrected chi connectivity index (χ2v) is 8.70. The standard InChI is InChI=1S/C25H25ClN4O4/c1-15(2)13-30-22(25(32)33-3)21(29-24(31)17-7-8-34-14-17)20-10-19(12-28-23(20)30)27-11-16-5-4-6-18(26)9-16/h4-10,12,14-15,27H,11,13H2,1-3H3,(H,29,31). The number of carbonyl (C=O) groups excluding carboxylic acids is 2. The van der Waals surface area contributed by atoms with Crippen LogP contribution in [0.2, 0.25) is 5.02 Å². The van der Waals surface area contributed by atoms with Gasteiger partial charge in [-0.05, 0) is 35.7 Å². The van der Waals surface area contributed by atoms with E-state index in [9.17, 15) is 9.59 Å². The number of nitrogens with one attached hydrogen (secondary N) is 2. The molecule has 9 heteroatoms. The highest BCUT2D eigenvalue weighted by molar-refractivity contribution is 6.30. The Balaban J connectivity index is 1.79. The molecule has 2 N–H and O–H groups in total. The predicted molar refractivity (Wildman–Crippen MR) is 131 cm³/mol. The molecule has 0 atom stereocenters. The third kappa shape index (κ3) is 4.92. The lowest BCUT2D eigenvalue weighted by Crippen LogP contribution is -2.18. The quantitative estimate of drug-likeness (QED) is 0.319. The molecular formula is C25H25ClN4O4. The molecular weight excluding hydrogens is 456 g/mol. The number of benzene rings is 1. The maximum atomic E-state index is 12.9. The fraction of sp³-hybridized carbons (Fsp3) is 0.240. The van der Waals surface area contributed by atoms with Gasteiger partial charge in [-0.15, -0.1) is 0 Å². The first-order valence-electron chi connectivity index (χ1n) is 10.8. The Morgan fingerprint density at radius 3 is 2.74 bits per heavy atom. The van der Waals surface area contributed by atoms with Crippen LogP contribution in [0.1, 0.15) is 40.3 Å². The molecule has 1 aromatic carbocycles. The summed E-state index contributed by atoms with van der Waals surface area (Å²) >= 11 is 6.09. The SMILES string of the molecule is COC(=O)c1c(NC(=O)c2ccoc2)c2cc(NCc3cccc(Cl)c3)cnc2n1CC(C)C. The van der Waals surface area contributed by atoms with Gasteiger partial charge in [0.2, 0.25) is 0 Å². The molecule has 0 spiro atoms. The van der Waals surface area contributed by atoms with E-state index in [-0.39, 0.29) is 11.6 Å². The number of ether oxygens (including phenoxy) is 1. The molecule has 1 amide bonds. The van der Waals surface area contributed by atoms with Crippen LogP contribution in [0.25, 0.3) is 11.0 Å². The van der Waals surface area contributed by atoms with Crippen LogP contribution in [-0.2, 0) is 17.8 Å². The smallest absolute Gasteiger partial charge is 0.356 e. The normalized spacial score (nSPS) is 11.1. The molecule has 4 aromatic rings. The van der Waals surface area contributed by atoms with Gasteiger partial charge < -0.3 is 24.4 Å². The summed E-state index contributed by atoms with van der Waals surface area (Å²) in [5.74, 6) is -0.742. The van der Waals surface area contributed by atoms with Crippen LogP contribution in [0.3, 0.4) is 0 Å². The van der Waals surface area contributed by atoms with Gasteiger partial charge in [0.15, 0.2) is 5.69 Å². The molecule has 0 bridgehead atoms. The number of aromatic nitrogens is 2. The molecule has 0 aliphatic heterocycles. The zero-order chi connectivity index (χ0) is 24.2. The van der Waals surface area contributed by atoms with E-state index in [4.69, 9.17) is 20.8 Å². The zero-order valence-electron chi connectivity index (χ0n) is 19.1. The van der Waals surface area contributed by atoms with E-state index in [1.165, 1.54) is 19.6 Å². The Kier molecular flexibility index (Phi) is 6.88. The molecule has 3 aromatic heterocycles. The molecule has 0 aliphatic rings. The third-order valence-corrected chi connectivity index (χ3v) is 5.47. The molecule has 176 valence electrons. The number of anilines is 2. The van der Waals surface area contributed by atoms with Crippen molar-refractivity contribution < 1.29 is 18.7 Å². The van der Waals surface area contributed by atoms with E-state index in [0.717, 1.165) is 11.3 Å². The van der Waals surface area contributed by atoms with E-state index in [1.54, 1.807) is 16.8 Å². The Hall–Kier alpha value is -3.78. The van der Waals surface area contributed by atoms with Crippen LogP contribution in [0.4, 0.5) is 11.4 Å². The van der Waals surface area contributed by atoms with Crippen molar-refractivity contribution in [3.8, 4) is 0 Å². The molecule has 0 fully saturated rings. The largest absolute Gasteiger partial charge is 0.472 e. The van der Waals surface area contributed by atoms with Gasteiger partial charge in [-0.25, -0.2) is 9.78 Å². The average molecular weight is 481 g/mol. The molecule has 34 heavy (non-hydrogen) atoms. The van der Waals surface area contributed by atoms with Crippen LogP contribution in [-0.4, -0.2) is 28.5 Å². The van der Waals surface area contributed by atoms with Gasteiger partial charge in [0.1, 0.15) is 11.9 Å². The Labute approximate surface area is 201 Å². The number of methoxy groups -OCH3 is 1. The summed E-state index contributed by atoms with van der Waals surface area (Å²) in [6.07, 6.45) is 4.46. The summed E-state index contributed by atoms with van der Waals surface area (Å²) in [5, 5.41) is 7.47. The van der Waals surface area contributed by atoms with Crippen molar-refractivity contribution in [2.45, 2.75) is 26.9 Å². The summed E-state index contributed by atoms with van der Waals surface area (Å²) in [6, 6.07) is 11.0. The number of rotatable bonds is 8. The van der Waals surface area contributed by atoms with Gasteiger partial charge in [0.25, 0.3) is 5.91 Å². The van der Waals surface area contributed by atoms with Crippen molar-refractivity contribution in [1.82, 2.24) is 9.55 Å². The first kappa shape index (κ1) is 23.4. The summed E-state index contributed by atoms with van der Waals surface area (Å²) in [5.41, 5.74) is 3.22. The van der Waals surface area contributed by atoms with Gasteiger partial charge in [-0.2, -0.15) is 0 Å². The van der Waals surface area contributed by atoms with Crippen molar-refractivity contribution in [3.63, 3.8) is 0 Å². The minimum atomic E-state index is -0.561. The number of amides is 1. The van der Waals surface area contributed by atoms with E-state index in [2.05, 4.69) is 15.6 Å². The monoisotopic (exact) mass is 480 g/mol. The Bertz CT molecular complexity index is 1330. The maximum absolute atomic E-state index is 12.9. The fourth-order valence-corrected chi connectivity index (χ4v) is 3.94. The number of hydrogen-bond donors (Lipinski definition) is 2. The number of halogens is 1. The van der Waals surface area contributed by atoms with E-state index < -0.39 is 11.9 Å². The molecule has 4 rings (SSSR count). The van der Waals surface area contributed by atoms with Gasteiger partial charge in [0.05, 0.1) is 36.5 Å². The van der Waals surface area contributed by atoms with E-state index >= 15 is 0 Å². The second kappa shape index (κ2) is 10.0. The van der Waals surface area contributed by atoms with Crippen molar-refractivity contribution in [2.75, 3.05) is 17.7 Å². The maximum Gasteiger partial charge on any atom is 0.356 e. The second-order valence-electron chi connectivity index (χ2n) is 8.26. The minimum Gasteiger partial charge on any atom is -0.472 e. The third-order valence-electron chi connectivity index (χ3n) is 5.23. The van der Waals surface area contributed by atoms with E-state index in [0.29, 0.717) is 40.4 Å². The highest BCUT2D eigenvalue weighted by Crippen LogP contribution is 2.34. The van der Waals surface area contributed by atoms with Gasteiger partial charge in [0, 0.05) is 23.5 Å². The fourth-order valence-electron chi connectivity index (χ4n) is 3.73. The van der Waals surface area contributed by atoms with Crippen LogP contribution < -0.4 is 10.6 Å². The van der Waals surface area contributed by atoms with Crippen LogP contribution in [0, 0.1) is 5.92 Å². The summed E-state index contributed by atoms with van der Waals surface area (Å²) in [6.45, 7) is 5.13. The number of hydrogen-bond acceptors (Lipinski definition) is 6. The Morgan fingerprint density at radius 1 is 1.24 bits per heavy atom. The molecule has 0 unspecified atom stereocenters. The van der Waals surface area contributed by atoms with Crippen molar-refractivity contribution >= 4 is 45.9 Å². The van der Waals surface area contributed by atoms with Gasteiger partial charge in [-0.1, -0.05) is 37.6 Å². The van der Waals surface area contributed by atoms with Crippen molar-refractivity contribution in [1.29, 1.82) is 0 Å². The lowest BCUT2D eigenvalue weighted by atomic mass is 10.2. The topological polar surface area (TPSA) is 98.4 Å². The lowest BCUT2D eigenvalue weighted by Gasteiger charge is -2.12. The van der Waals surface area contributed by atoms with Gasteiger partial charge in [-0.3, -0.25) is 4.79 Å². The first-order chi connectivity index (χ1) is 16.4. The van der Waals surface area contributed by atoms with Crippen molar-refractivity contribution in [3.05, 3.63) is 77.0 Å². The molecule has 0 saturated carbocycles. The number of esters is 1. The van der Waals surface area contributed by atoms with Crippen LogP contribution in [0.15, 0.2) is 59.5 Å². The minimum absolute atomic E-state index is 0.221. The number of nitrogens with zero attached hydrogens (tertiary/aromatic N) is 2. The molecule has 3 heterocycles. The van der Waals surface area contributed by atoms with Crippen molar-refractivity contribution in [2.24, 2.45) is 5.92 Å². The molecule has 0 aliphatic carbocycles. The Morgan fingerprint density at radius 2 is 2.06 bits per heavy atom. The van der Waals surface area contributed by atoms with Crippen LogP contribution in [0.5, 0.6) is 0 Å². The molecule has 8 nitrogen and oxygen atoms in total.